The van der Waals surface area contributed by atoms with E-state index in [-0.39, 0.29) is 22.2 Å². The van der Waals surface area contributed by atoms with Gasteiger partial charge in [0.15, 0.2) is 0 Å². The molecule has 1 aromatic rings. The van der Waals surface area contributed by atoms with Gasteiger partial charge in [0.2, 0.25) is 0 Å². The molecule has 25 heavy (non-hydrogen) atoms. The minimum absolute atomic E-state index is 0.141. The number of phenolic OH excluding ortho intramolecular Hbond substituents is 1. The first-order valence-corrected chi connectivity index (χ1v) is 9.45. The second kappa shape index (κ2) is 6.66. The van der Waals surface area contributed by atoms with Gasteiger partial charge in [-0.25, -0.2) is 0 Å². The Bertz CT molecular complexity index is 603. The molecular weight excluding hydrogens is 312 g/mol. The van der Waals surface area contributed by atoms with Crippen LogP contribution in [0.1, 0.15) is 91.7 Å². The number of carbonyl (C=O) groups excluding carboxylic acids is 1. The van der Waals surface area contributed by atoms with Crippen LogP contribution in [0.15, 0.2) is 12.1 Å². The van der Waals surface area contributed by atoms with Gasteiger partial charge in [-0.05, 0) is 42.7 Å². The third kappa shape index (κ3) is 4.37. The molecule has 0 atom stereocenters. The maximum Gasteiger partial charge on any atom is 0.317 e. The van der Waals surface area contributed by atoms with Gasteiger partial charge in [-0.2, -0.15) is 0 Å². The maximum absolute atomic E-state index is 12.8. The maximum atomic E-state index is 12.8. The molecule has 0 bridgehead atoms. The molecule has 1 N–H and O–H groups in total. The average Bonchev–Trinajstić information content (AvgIpc) is 2.47. The molecule has 1 fully saturated rings. The second-order valence-corrected chi connectivity index (χ2v) is 9.88. The lowest BCUT2D eigenvalue weighted by Crippen LogP contribution is -2.34. The van der Waals surface area contributed by atoms with Crippen molar-refractivity contribution in [1.82, 2.24) is 0 Å². The molecule has 0 aliphatic heterocycles. The number of hydrogen-bond donors (Lipinski definition) is 1. The van der Waals surface area contributed by atoms with E-state index < -0.39 is 0 Å². The first-order chi connectivity index (χ1) is 11.3. The molecule has 0 spiro atoms. The molecule has 1 aromatic carbocycles. The molecule has 3 heteroatoms. The van der Waals surface area contributed by atoms with Gasteiger partial charge in [0.05, 0.1) is 5.41 Å². The van der Waals surface area contributed by atoms with Gasteiger partial charge in [-0.3, -0.25) is 4.79 Å². The summed E-state index contributed by atoms with van der Waals surface area (Å²) in [5, 5.41) is 10.8. The fraction of sp³-hybridized carbons (Fsp3) is 0.682. The monoisotopic (exact) mass is 346 g/mol. The van der Waals surface area contributed by atoms with Crippen molar-refractivity contribution in [2.24, 2.45) is 5.41 Å². The molecule has 0 saturated heterocycles. The summed E-state index contributed by atoms with van der Waals surface area (Å²) < 4.78 is 5.83. The normalized spacial score (nSPS) is 18.0. The smallest absolute Gasteiger partial charge is 0.317 e. The van der Waals surface area contributed by atoms with Crippen LogP contribution < -0.4 is 4.74 Å². The molecule has 1 aliphatic rings. The van der Waals surface area contributed by atoms with Crippen LogP contribution in [0.3, 0.4) is 0 Å². The Morgan fingerprint density at radius 2 is 1.40 bits per heavy atom. The van der Waals surface area contributed by atoms with Gasteiger partial charge in [0, 0.05) is 11.1 Å². The van der Waals surface area contributed by atoms with E-state index in [4.69, 9.17) is 4.74 Å². The van der Waals surface area contributed by atoms with Crippen molar-refractivity contribution in [3.63, 3.8) is 0 Å². The van der Waals surface area contributed by atoms with Crippen molar-refractivity contribution < 1.29 is 14.6 Å². The molecule has 2 rings (SSSR count). The van der Waals surface area contributed by atoms with Crippen LogP contribution in [0.25, 0.3) is 0 Å². The zero-order valence-corrected chi connectivity index (χ0v) is 17.0. The fourth-order valence-electron chi connectivity index (χ4n) is 3.58. The third-order valence-corrected chi connectivity index (χ3v) is 5.36. The molecule has 0 heterocycles. The Labute approximate surface area is 152 Å². The van der Waals surface area contributed by atoms with Crippen LogP contribution in [0, 0.1) is 5.41 Å². The lowest BCUT2D eigenvalue weighted by Gasteiger charge is -2.32. The largest absolute Gasteiger partial charge is 0.507 e. The number of carbonyl (C=O) groups is 1. The Morgan fingerprint density at radius 3 is 1.80 bits per heavy atom. The fourth-order valence-corrected chi connectivity index (χ4v) is 3.58. The molecule has 140 valence electrons. The average molecular weight is 347 g/mol. The van der Waals surface area contributed by atoms with Crippen LogP contribution in [0.5, 0.6) is 11.5 Å². The second-order valence-electron chi connectivity index (χ2n) is 9.88. The lowest BCUT2D eigenvalue weighted by molar-refractivity contribution is -0.146. The highest BCUT2D eigenvalue weighted by molar-refractivity contribution is 5.79. The van der Waals surface area contributed by atoms with E-state index in [0.29, 0.717) is 11.5 Å². The third-order valence-electron chi connectivity index (χ3n) is 5.36. The van der Waals surface area contributed by atoms with Crippen molar-refractivity contribution in [2.75, 3.05) is 0 Å². The quantitative estimate of drug-likeness (QED) is 0.538. The molecule has 3 nitrogen and oxygen atoms in total. The van der Waals surface area contributed by atoms with Crippen LogP contribution >= 0.6 is 0 Å². The van der Waals surface area contributed by atoms with Gasteiger partial charge in [0.25, 0.3) is 0 Å². The van der Waals surface area contributed by atoms with E-state index in [0.717, 1.165) is 36.8 Å². The summed E-state index contributed by atoms with van der Waals surface area (Å²) in [6.07, 6.45) is 5.15. The summed E-state index contributed by atoms with van der Waals surface area (Å²) in [5.41, 5.74) is 0.774. The van der Waals surface area contributed by atoms with Gasteiger partial charge in [-0.15, -0.1) is 0 Å². The number of hydrogen-bond acceptors (Lipinski definition) is 3. The minimum Gasteiger partial charge on any atom is -0.507 e. The molecule has 1 aliphatic carbocycles. The number of benzene rings is 1. The van der Waals surface area contributed by atoms with Crippen LogP contribution in [-0.4, -0.2) is 11.1 Å². The van der Waals surface area contributed by atoms with Crippen LogP contribution in [-0.2, 0) is 15.6 Å². The summed E-state index contributed by atoms with van der Waals surface area (Å²) in [7, 11) is 0. The standard InChI is InChI=1S/C22H34O3/c1-20(2,3)16-13-15(14-17(18(16)23)21(4,5)6)25-19(24)22(7)11-9-8-10-12-22/h13-14,23H,8-12H2,1-7H3. The predicted octanol–water partition coefficient (Wildman–Crippen LogP) is 5.86. The Hall–Kier alpha value is -1.51. The summed E-state index contributed by atoms with van der Waals surface area (Å²) >= 11 is 0. The van der Waals surface area contributed by atoms with Gasteiger partial charge >= 0.3 is 5.97 Å². The van der Waals surface area contributed by atoms with E-state index in [1.165, 1.54) is 6.42 Å². The molecule has 0 radical (unpaired) electrons. The van der Waals surface area contributed by atoms with E-state index >= 15 is 0 Å². The Morgan fingerprint density at radius 1 is 0.960 bits per heavy atom. The zero-order chi connectivity index (χ0) is 19.0. The lowest BCUT2D eigenvalue weighted by atomic mass is 9.76. The molecule has 0 aromatic heterocycles. The first kappa shape index (κ1) is 19.8. The van der Waals surface area contributed by atoms with Crippen LogP contribution in [0.4, 0.5) is 0 Å². The highest BCUT2D eigenvalue weighted by Gasteiger charge is 2.37. The van der Waals surface area contributed by atoms with E-state index in [1.807, 2.05) is 19.1 Å². The van der Waals surface area contributed by atoms with Gasteiger partial charge in [-0.1, -0.05) is 60.8 Å². The molecule has 0 unspecified atom stereocenters. The van der Waals surface area contributed by atoms with Crippen molar-refractivity contribution in [1.29, 1.82) is 0 Å². The number of aromatic hydroxyl groups is 1. The molecule has 1 saturated carbocycles. The van der Waals surface area contributed by atoms with Gasteiger partial charge in [0.1, 0.15) is 11.5 Å². The summed E-state index contributed by atoms with van der Waals surface area (Å²) in [6.45, 7) is 14.4. The predicted molar refractivity (Wildman–Crippen MR) is 102 cm³/mol. The summed E-state index contributed by atoms with van der Waals surface area (Å²) in [4.78, 5) is 12.8. The highest BCUT2D eigenvalue weighted by Crippen LogP contribution is 2.43. The number of ether oxygens (including phenoxy) is 1. The molecular formula is C22H34O3. The first-order valence-electron chi connectivity index (χ1n) is 9.45. The summed E-state index contributed by atoms with van der Waals surface area (Å²) in [6, 6.07) is 3.66. The van der Waals surface area contributed by atoms with Crippen molar-refractivity contribution in [3.8, 4) is 11.5 Å². The number of esters is 1. The topological polar surface area (TPSA) is 46.5 Å². The van der Waals surface area contributed by atoms with Crippen molar-refractivity contribution >= 4 is 5.97 Å². The Kier molecular flexibility index (Phi) is 5.28. The van der Waals surface area contributed by atoms with Gasteiger partial charge < -0.3 is 9.84 Å². The SMILES string of the molecule is CC1(C(=O)Oc2cc(C(C)(C)C)c(O)c(C(C)(C)C)c2)CCCCC1. The van der Waals surface area contributed by atoms with Crippen LogP contribution in [0.2, 0.25) is 0 Å². The summed E-state index contributed by atoms with van der Waals surface area (Å²) in [5.74, 6) is 0.714. The van der Waals surface area contributed by atoms with Crippen molar-refractivity contribution in [2.45, 2.75) is 91.4 Å². The Balaban J connectivity index is 2.42. The van der Waals surface area contributed by atoms with E-state index in [9.17, 15) is 9.90 Å². The van der Waals surface area contributed by atoms with E-state index in [2.05, 4.69) is 41.5 Å². The number of rotatable bonds is 2. The van der Waals surface area contributed by atoms with Crippen molar-refractivity contribution in [3.05, 3.63) is 23.3 Å². The minimum atomic E-state index is -0.389. The molecule has 0 amide bonds. The highest BCUT2D eigenvalue weighted by atomic mass is 16.5. The van der Waals surface area contributed by atoms with E-state index in [1.54, 1.807) is 0 Å². The number of phenols is 1. The zero-order valence-electron chi connectivity index (χ0n) is 17.0.